The summed E-state index contributed by atoms with van der Waals surface area (Å²) < 4.78 is 18.1. The number of hydrogen-bond donors (Lipinski definition) is 2. The smallest absolute Gasteiger partial charge is 0.315 e. The third kappa shape index (κ3) is 3.98. The second-order valence-corrected chi connectivity index (χ2v) is 5.95. The van der Waals surface area contributed by atoms with Crippen molar-refractivity contribution in [2.75, 3.05) is 0 Å². The highest BCUT2D eigenvalue weighted by atomic mass is 35.5. The molecule has 2 N–H and O–H groups in total. The third-order valence-electron chi connectivity index (χ3n) is 3.66. The van der Waals surface area contributed by atoms with Gasteiger partial charge in [-0.3, -0.25) is 0 Å². The fourth-order valence-corrected chi connectivity index (χ4v) is 2.56. The van der Waals surface area contributed by atoms with E-state index in [0.717, 1.165) is 18.4 Å². The predicted octanol–water partition coefficient (Wildman–Crippen LogP) is 3.12. The van der Waals surface area contributed by atoms with Gasteiger partial charge in [0.15, 0.2) is 5.82 Å². The van der Waals surface area contributed by atoms with Crippen molar-refractivity contribution >= 4 is 17.6 Å². The maximum Gasteiger partial charge on any atom is 0.315 e. The van der Waals surface area contributed by atoms with E-state index in [1.54, 1.807) is 19.1 Å². The molecule has 1 aromatic carbocycles. The maximum atomic E-state index is 13.3. The Balaban J connectivity index is 1.62. The molecule has 6 nitrogen and oxygen atoms in total. The molecule has 1 aliphatic carbocycles. The first-order valence-corrected chi connectivity index (χ1v) is 7.69. The summed E-state index contributed by atoms with van der Waals surface area (Å²) in [7, 11) is 0. The van der Waals surface area contributed by atoms with Gasteiger partial charge in [-0.25, -0.2) is 9.18 Å². The third-order valence-corrected chi connectivity index (χ3v) is 3.95. The molecule has 1 fully saturated rings. The van der Waals surface area contributed by atoms with E-state index in [1.165, 1.54) is 6.07 Å². The van der Waals surface area contributed by atoms with Crippen LogP contribution in [0.1, 0.15) is 36.2 Å². The number of carbonyl (C=O) groups excluding carboxylic acids is 1. The summed E-state index contributed by atoms with van der Waals surface area (Å²) in [5.74, 6) is 0.723. The Morgan fingerprint density at radius 1 is 1.52 bits per heavy atom. The van der Waals surface area contributed by atoms with E-state index in [1.807, 2.05) is 0 Å². The summed E-state index contributed by atoms with van der Waals surface area (Å²) in [6, 6.07) is 3.98. The molecule has 1 heterocycles. The summed E-state index contributed by atoms with van der Waals surface area (Å²) >= 11 is 5.83. The number of carbonyl (C=O) groups is 1. The van der Waals surface area contributed by atoms with Gasteiger partial charge < -0.3 is 15.2 Å². The average Bonchev–Trinajstić information content (AvgIpc) is 3.28. The Morgan fingerprint density at radius 2 is 2.30 bits per heavy atom. The standard InChI is InChI=1S/C15H16ClFN4O2/c1-8-19-13(21-23-8)7-18-15(22)20-14(9-2-3-9)10-4-5-12(17)11(16)6-10/h4-6,9,14H,2-3,7H2,1H3,(H2,18,20,22). The van der Waals surface area contributed by atoms with E-state index in [0.29, 0.717) is 17.6 Å². The van der Waals surface area contributed by atoms with E-state index in [-0.39, 0.29) is 23.6 Å². The minimum absolute atomic E-state index is 0.0534. The topological polar surface area (TPSA) is 80.0 Å². The molecule has 2 amide bonds. The molecule has 1 saturated carbocycles. The van der Waals surface area contributed by atoms with Crippen LogP contribution in [0.4, 0.5) is 9.18 Å². The highest BCUT2D eigenvalue weighted by Crippen LogP contribution is 2.41. The lowest BCUT2D eigenvalue weighted by Gasteiger charge is -2.19. The lowest BCUT2D eigenvalue weighted by Crippen LogP contribution is -2.38. The Kier molecular flexibility index (Phi) is 4.47. The summed E-state index contributed by atoms with van der Waals surface area (Å²) in [6.07, 6.45) is 2.04. The van der Waals surface area contributed by atoms with Gasteiger partial charge in [-0.1, -0.05) is 22.8 Å². The van der Waals surface area contributed by atoms with Crippen LogP contribution in [0.15, 0.2) is 22.7 Å². The van der Waals surface area contributed by atoms with Gasteiger partial charge in [0, 0.05) is 6.92 Å². The zero-order valence-corrected chi connectivity index (χ0v) is 13.2. The SMILES string of the molecule is Cc1nc(CNC(=O)NC(c2ccc(F)c(Cl)c2)C2CC2)no1. The van der Waals surface area contributed by atoms with Crippen LogP contribution in [0, 0.1) is 18.7 Å². The molecule has 0 saturated heterocycles. The minimum Gasteiger partial charge on any atom is -0.340 e. The second kappa shape index (κ2) is 6.54. The van der Waals surface area contributed by atoms with Gasteiger partial charge >= 0.3 is 6.03 Å². The number of benzene rings is 1. The number of nitrogens with zero attached hydrogens (tertiary/aromatic N) is 2. The Hall–Kier alpha value is -2.15. The van der Waals surface area contributed by atoms with Gasteiger partial charge in [0.1, 0.15) is 5.82 Å². The number of aryl methyl sites for hydroxylation is 1. The van der Waals surface area contributed by atoms with Crippen molar-refractivity contribution in [3.8, 4) is 0 Å². The normalized spacial score (nSPS) is 15.3. The van der Waals surface area contributed by atoms with Gasteiger partial charge in [-0.15, -0.1) is 0 Å². The molecule has 1 aromatic heterocycles. The van der Waals surface area contributed by atoms with E-state index in [9.17, 15) is 9.18 Å². The van der Waals surface area contributed by atoms with Gasteiger partial charge in [0.25, 0.3) is 0 Å². The van der Waals surface area contributed by atoms with E-state index in [4.69, 9.17) is 16.1 Å². The first kappa shape index (κ1) is 15.7. The monoisotopic (exact) mass is 338 g/mol. The van der Waals surface area contributed by atoms with Crippen LogP contribution in [0.5, 0.6) is 0 Å². The maximum absolute atomic E-state index is 13.3. The van der Waals surface area contributed by atoms with Gasteiger partial charge in [-0.2, -0.15) is 4.98 Å². The number of aromatic nitrogens is 2. The second-order valence-electron chi connectivity index (χ2n) is 5.55. The van der Waals surface area contributed by atoms with E-state index >= 15 is 0 Å². The highest BCUT2D eigenvalue weighted by molar-refractivity contribution is 6.30. The number of hydrogen-bond acceptors (Lipinski definition) is 4. The summed E-state index contributed by atoms with van der Waals surface area (Å²) in [6.45, 7) is 1.85. The molecule has 3 rings (SSSR count). The fraction of sp³-hybridized carbons (Fsp3) is 0.400. The van der Waals surface area contributed by atoms with Gasteiger partial charge in [-0.05, 0) is 36.5 Å². The molecule has 1 aliphatic rings. The first-order chi connectivity index (χ1) is 11.0. The summed E-state index contributed by atoms with van der Waals surface area (Å²) in [5.41, 5.74) is 0.796. The largest absolute Gasteiger partial charge is 0.340 e. The molecule has 0 radical (unpaired) electrons. The quantitative estimate of drug-likeness (QED) is 0.877. The predicted molar refractivity (Wildman–Crippen MR) is 81.3 cm³/mol. The zero-order valence-electron chi connectivity index (χ0n) is 12.5. The molecule has 0 bridgehead atoms. The Labute approximate surface area is 137 Å². The van der Waals surface area contributed by atoms with Gasteiger partial charge in [0.05, 0.1) is 17.6 Å². The van der Waals surface area contributed by atoms with E-state index < -0.39 is 5.82 Å². The molecule has 0 aliphatic heterocycles. The number of urea groups is 1. The molecule has 0 spiro atoms. The van der Waals surface area contributed by atoms with Crippen LogP contribution in [0.25, 0.3) is 0 Å². The first-order valence-electron chi connectivity index (χ1n) is 7.31. The van der Waals surface area contributed by atoms with Crippen molar-refractivity contribution in [3.63, 3.8) is 0 Å². The number of halogens is 2. The molecular weight excluding hydrogens is 323 g/mol. The van der Waals surface area contributed by atoms with Crippen LogP contribution >= 0.6 is 11.6 Å². The van der Waals surface area contributed by atoms with Crippen LogP contribution in [-0.4, -0.2) is 16.2 Å². The van der Waals surface area contributed by atoms with Crippen LogP contribution < -0.4 is 10.6 Å². The molecule has 23 heavy (non-hydrogen) atoms. The minimum atomic E-state index is -0.470. The van der Waals surface area contributed by atoms with Crippen molar-refractivity contribution < 1.29 is 13.7 Å². The van der Waals surface area contributed by atoms with Crippen molar-refractivity contribution in [2.24, 2.45) is 5.92 Å². The van der Waals surface area contributed by atoms with Crippen molar-refractivity contribution in [1.82, 2.24) is 20.8 Å². The fourth-order valence-electron chi connectivity index (χ4n) is 2.37. The molecule has 122 valence electrons. The summed E-state index contributed by atoms with van der Waals surface area (Å²) in [5, 5.41) is 9.34. The lowest BCUT2D eigenvalue weighted by atomic mass is 10.0. The number of amides is 2. The lowest BCUT2D eigenvalue weighted by molar-refractivity contribution is 0.234. The molecular formula is C15H16ClFN4O2. The average molecular weight is 339 g/mol. The van der Waals surface area contributed by atoms with Crippen molar-refractivity contribution in [2.45, 2.75) is 32.4 Å². The van der Waals surface area contributed by atoms with Crippen molar-refractivity contribution in [3.05, 3.63) is 46.3 Å². The van der Waals surface area contributed by atoms with Gasteiger partial charge in [0.2, 0.25) is 5.89 Å². The van der Waals surface area contributed by atoms with E-state index in [2.05, 4.69) is 20.8 Å². The number of nitrogens with one attached hydrogen (secondary N) is 2. The number of rotatable bonds is 5. The molecule has 1 unspecified atom stereocenters. The zero-order chi connectivity index (χ0) is 16.4. The molecule has 1 atom stereocenters. The highest BCUT2D eigenvalue weighted by Gasteiger charge is 2.33. The Morgan fingerprint density at radius 3 is 2.91 bits per heavy atom. The summed E-state index contributed by atoms with van der Waals surface area (Å²) in [4.78, 5) is 16.1. The van der Waals surface area contributed by atoms with Crippen LogP contribution in [0.3, 0.4) is 0 Å². The Bertz CT molecular complexity index is 717. The van der Waals surface area contributed by atoms with Crippen LogP contribution in [-0.2, 0) is 6.54 Å². The van der Waals surface area contributed by atoms with Crippen LogP contribution in [0.2, 0.25) is 5.02 Å². The van der Waals surface area contributed by atoms with Crippen molar-refractivity contribution in [1.29, 1.82) is 0 Å². The molecule has 2 aromatic rings. The molecule has 8 heteroatoms.